The molecular weight excluding hydrogens is 326 g/mol. The molecule has 0 saturated carbocycles. The van der Waals surface area contributed by atoms with Gasteiger partial charge in [0.25, 0.3) is 11.1 Å². The fourth-order valence-electron chi connectivity index (χ4n) is 1.99. The van der Waals surface area contributed by atoms with Crippen molar-refractivity contribution in [2.24, 2.45) is 0 Å². The van der Waals surface area contributed by atoms with Gasteiger partial charge in [0.2, 0.25) is 5.89 Å². The van der Waals surface area contributed by atoms with Crippen molar-refractivity contribution in [2.75, 3.05) is 0 Å². The zero-order valence-electron chi connectivity index (χ0n) is 13.9. The third-order valence-electron chi connectivity index (χ3n) is 3.26. The lowest BCUT2D eigenvalue weighted by Gasteiger charge is -2.03. The van der Waals surface area contributed by atoms with Crippen molar-refractivity contribution in [3.63, 3.8) is 0 Å². The summed E-state index contributed by atoms with van der Waals surface area (Å²) in [6, 6.07) is 7.82. The Morgan fingerprint density at radius 2 is 2.04 bits per heavy atom. The molecule has 7 heteroatoms. The molecule has 2 heterocycles. The van der Waals surface area contributed by atoms with E-state index in [0.29, 0.717) is 28.7 Å². The molecule has 0 radical (unpaired) electrons. The molecule has 0 aliphatic rings. The molecule has 1 aromatic carbocycles. The van der Waals surface area contributed by atoms with Crippen LogP contribution in [-0.2, 0) is 12.4 Å². The predicted octanol–water partition coefficient (Wildman–Crippen LogP) is 4.36. The van der Waals surface area contributed by atoms with Gasteiger partial charge in [0, 0.05) is 5.92 Å². The first-order valence-electron chi connectivity index (χ1n) is 7.69. The second-order valence-corrected chi connectivity index (χ2v) is 6.59. The first-order valence-corrected chi connectivity index (χ1v) is 8.68. The lowest BCUT2D eigenvalue weighted by molar-refractivity contribution is 0.252. The van der Waals surface area contributed by atoms with E-state index in [4.69, 9.17) is 13.6 Å². The van der Waals surface area contributed by atoms with E-state index in [0.717, 1.165) is 17.1 Å². The maximum absolute atomic E-state index is 5.64. The topological polar surface area (TPSA) is 74.2 Å². The van der Waals surface area contributed by atoms with Crippen molar-refractivity contribution < 1.29 is 13.6 Å². The molecule has 0 bridgehead atoms. The molecule has 6 nitrogen and oxygen atoms in total. The number of hydrogen-bond acceptors (Lipinski definition) is 7. The van der Waals surface area contributed by atoms with E-state index in [9.17, 15) is 0 Å². The maximum Gasteiger partial charge on any atom is 0.277 e. The second-order valence-electron chi connectivity index (χ2n) is 5.67. The number of aryl methyl sites for hydroxylation is 1. The van der Waals surface area contributed by atoms with Crippen LogP contribution < -0.4 is 4.74 Å². The Balaban J connectivity index is 1.51. The first kappa shape index (κ1) is 16.6. The summed E-state index contributed by atoms with van der Waals surface area (Å²) in [7, 11) is 0. The molecule has 126 valence electrons. The van der Waals surface area contributed by atoms with Gasteiger partial charge >= 0.3 is 0 Å². The highest BCUT2D eigenvalue weighted by molar-refractivity contribution is 7.98. The van der Waals surface area contributed by atoms with Gasteiger partial charge in [-0.2, -0.15) is 0 Å². The van der Waals surface area contributed by atoms with Gasteiger partial charge in [0.05, 0.1) is 11.9 Å². The third kappa shape index (κ3) is 4.38. The van der Waals surface area contributed by atoms with Crippen molar-refractivity contribution in [3.05, 3.63) is 53.6 Å². The lowest BCUT2D eigenvalue weighted by Crippen LogP contribution is -1.95. The third-order valence-corrected chi connectivity index (χ3v) is 4.06. The molecule has 0 amide bonds. The highest BCUT2D eigenvalue weighted by atomic mass is 32.2. The van der Waals surface area contributed by atoms with Crippen LogP contribution in [0.3, 0.4) is 0 Å². The number of rotatable bonds is 7. The number of oxazole rings is 1. The minimum absolute atomic E-state index is 0.244. The molecule has 0 fully saturated rings. The van der Waals surface area contributed by atoms with Crippen LogP contribution in [-0.4, -0.2) is 15.2 Å². The van der Waals surface area contributed by atoms with Gasteiger partial charge in [-0.25, -0.2) is 4.98 Å². The highest BCUT2D eigenvalue weighted by Crippen LogP contribution is 2.23. The van der Waals surface area contributed by atoms with Crippen LogP contribution in [0.25, 0.3) is 0 Å². The summed E-state index contributed by atoms with van der Waals surface area (Å²) in [4.78, 5) is 4.24. The van der Waals surface area contributed by atoms with Gasteiger partial charge in [-0.1, -0.05) is 37.7 Å². The minimum Gasteiger partial charge on any atom is -0.484 e. The van der Waals surface area contributed by atoms with Crippen molar-refractivity contribution in [3.8, 4) is 5.75 Å². The Morgan fingerprint density at radius 3 is 2.79 bits per heavy atom. The van der Waals surface area contributed by atoms with Crippen LogP contribution in [0.1, 0.15) is 42.9 Å². The monoisotopic (exact) mass is 345 g/mol. The molecule has 2 aromatic heterocycles. The smallest absolute Gasteiger partial charge is 0.277 e. The molecule has 0 aliphatic heterocycles. The van der Waals surface area contributed by atoms with E-state index in [1.807, 2.05) is 31.2 Å². The average Bonchev–Trinajstić information content (AvgIpc) is 3.20. The van der Waals surface area contributed by atoms with Gasteiger partial charge in [-0.05, 0) is 24.6 Å². The SMILES string of the molecule is Cc1cccc(OCc2nnc(SCc3ncc(C(C)C)o3)o2)c1. The Kier molecular flexibility index (Phi) is 5.20. The van der Waals surface area contributed by atoms with Gasteiger partial charge in [0.1, 0.15) is 11.5 Å². The van der Waals surface area contributed by atoms with Crippen molar-refractivity contribution in [1.29, 1.82) is 0 Å². The zero-order valence-corrected chi connectivity index (χ0v) is 14.7. The second kappa shape index (κ2) is 7.53. The maximum atomic E-state index is 5.64. The molecule has 0 saturated heterocycles. The summed E-state index contributed by atoms with van der Waals surface area (Å²) in [5, 5.41) is 8.46. The van der Waals surface area contributed by atoms with Crippen LogP contribution in [0.2, 0.25) is 0 Å². The van der Waals surface area contributed by atoms with Crippen molar-refractivity contribution in [2.45, 2.75) is 44.3 Å². The molecule has 0 aliphatic carbocycles. The van der Waals surface area contributed by atoms with E-state index >= 15 is 0 Å². The van der Waals surface area contributed by atoms with Gasteiger partial charge < -0.3 is 13.6 Å². The fraction of sp³-hybridized carbons (Fsp3) is 0.353. The van der Waals surface area contributed by atoms with E-state index < -0.39 is 0 Å². The van der Waals surface area contributed by atoms with E-state index in [1.165, 1.54) is 11.8 Å². The summed E-state index contributed by atoms with van der Waals surface area (Å²) < 4.78 is 16.8. The molecule has 0 unspecified atom stereocenters. The summed E-state index contributed by atoms with van der Waals surface area (Å²) in [5.74, 6) is 3.62. The molecule has 0 N–H and O–H groups in total. The number of thioether (sulfide) groups is 1. The molecule has 0 spiro atoms. The zero-order chi connectivity index (χ0) is 16.9. The summed E-state index contributed by atoms with van der Waals surface area (Å²) >= 11 is 1.39. The standard InChI is InChI=1S/C17H19N3O3S/c1-11(2)14-8-18-16(22-14)10-24-17-20-19-15(23-17)9-21-13-6-4-5-12(3)7-13/h4-8,11H,9-10H2,1-3H3. The molecule has 24 heavy (non-hydrogen) atoms. The van der Waals surface area contributed by atoms with Gasteiger partial charge in [-0.3, -0.25) is 0 Å². The number of aromatic nitrogens is 3. The Labute approximate surface area is 144 Å². The Bertz CT molecular complexity index is 798. The molecule has 0 atom stereocenters. The lowest BCUT2D eigenvalue weighted by atomic mass is 10.2. The molecule has 3 aromatic rings. The van der Waals surface area contributed by atoms with Crippen LogP contribution in [0.4, 0.5) is 0 Å². The normalized spacial score (nSPS) is 11.2. The predicted molar refractivity (Wildman–Crippen MR) is 90.0 cm³/mol. The van der Waals surface area contributed by atoms with E-state index in [1.54, 1.807) is 6.20 Å². The largest absolute Gasteiger partial charge is 0.484 e. The Morgan fingerprint density at radius 1 is 1.17 bits per heavy atom. The average molecular weight is 345 g/mol. The number of hydrogen-bond donors (Lipinski definition) is 0. The van der Waals surface area contributed by atoms with E-state index in [-0.39, 0.29) is 6.61 Å². The quantitative estimate of drug-likeness (QED) is 0.589. The number of benzene rings is 1. The number of nitrogens with zero attached hydrogens (tertiary/aromatic N) is 3. The molecule has 3 rings (SSSR count). The van der Waals surface area contributed by atoms with Crippen LogP contribution in [0.5, 0.6) is 5.75 Å². The van der Waals surface area contributed by atoms with Crippen LogP contribution >= 0.6 is 11.8 Å². The van der Waals surface area contributed by atoms with Gasteiger partial charge in [0.15, 0.2) is 6.61 Å². The number of ether oxygens (including phenoxy) is 1. The summed E-state index contributed by atoms with van der Waals surface area (Å²) in [5.41, 5.74) is 1.14. The minimum atomic E-state index is 0.244. The highest BCUT2D eigenvalue weighted by Gasteiger charge is 2.11. The van der Waals surface area contributed by atoms with Crippen molar-refractivity contribution >= 4 is 11.8 Å². The summed E-state index contributed by atoms with van der Waals surface area (Å²) in [6.07, 6.45) is 1.76. The van der Waals surface area contributed by atoms with Gasteiger partial charge in [-0.15, -0.1) is 10.2 Å². The first-order chi connectivity index (χ1) is 11.6. The summed E-state index contributed by atoms with van der Waals surface area (Å²) in [6.45, 7) is 6.39. The molecular formula is C17H19N3O3S. The Hall–Kier alpha value is -2.28. The fourth-order valence-corrected chi connectivity index (χ4v) is 2.62. The van der Waals surface area contributed by atoms with Crippen LogP contribution in [0, 0.1) is 6.92 Å². The van der Waals surface area contributed by atoms with E-state index in [2.05, 4.69) is 29.0 Å². The van der Waals surface area contributed by atoms with Crippen molar-refractivity contribution in [1.82, 2.24) is 15.2 Å². The van der Waals surface area contributed by atoms with Crippen LogP contribution in [0.15, 0.2) is 44.5 Å².